The van der Waals surface area contributed by atoms with Crippen LogP contribution in [0.3, 0.4) is 0 Å². The van der Waals surface area contributed by atoms with Crippen LogP contribution in [0.4, 0.5) is 0 Å². The van der Waals surface area contributed by atoms with E-state index in [1.807, 2.05) is 30.3 Å². The number of piperazine rings is 1. The number of carbonyl (C=O) groups excluding carboxylic acids is 3. The van der Waals surface area contributed by atoms with Gasteiger partial charge in [-0.25, -0.2) is 0 Å². The number of amides is 3. The summed E-state index contributed by atoms with van der Waals surface area (Å²) in [6.45, 7) is 4.64. The molecular formula is C23H26N4O3. The zero-order valence-electron chi connectivity index (χ0n) is 17.3. The highest BCUT2D eigenvalue weighted by molar-refractivity contribution is 6.21. The van der Waals surface area contributed by atoms with Crippen molar-refractivity contribution in [1.29, 1.82) is 0 Å². The van der Waals surface area contributed by atoms with Crippen molar-refractivity contribution < 1.29 is 14.4 Å². The molecule has 0 radical (unpaired) electrons. The molecule has 2 aromatic carbocycles. The minimum atomic E-state index is -0.373. The van der Waals surface area contributed by atoms with E-state index in [4.69, 9.17) is 0 Å². The van der Waals surface area contributed by atoms with E-state index < -0.39 is 0 Å². The van der Waals surface area contributed by atoms with E-state index in [0.29, 0.717) is 17.7 Å². The maximum atomic E-state index is 13.0. The maximum absolute atomic E-state index is 13.0. The number of hydrogen-bond donors (Lipinski definition) is 1. The van der Waals surface area contributed by atoms with Crippen LogP contribution in [-0.4, -0.2) is 79.2 Å². The summed E-state index contributed by atoms with van der Waals surface area (Å²) >= 11 is 0. The summed E-state index contributed by atoms with van der Waals surface area (Å²) in [6, 6.07) is 14.4. The molecule has 0 spiro atoms. The SMILES string of the molecule is CN1CCN(CC(NC(=O)c2ccc3c(c2)C(=O)N(C)C3=O)c2ccccc2)CC1. The van der Waals surface area contributed by atoms with Crippen LogP contribution < -0.4 is 5.32 Å². The molecule has 3 amide bonds. The number of nitrogens with zero attached hydrogens (tertiary/aromatic N) is 3. The summed E-state index contributed by atoms with van der Waals surface area (Å²) in [6.07, 6.45) is 0. The number of fused-ring (bicyclic) bond motifs is 1. The molecule has 156 valence electrons. The van der Waals surface area contributed by atoms with E-state index in [-0.39, 0.29) is 29.3 Å². The van der Waals surface area contributed by atoms with Gasteiger partial charge in [-0.2, -0.15) is 0 Å². The van der Waals surface area contributed by atoms with Crippen LogP contribution in [0.15, 0.2) is 48.5 Å². The molecule has 2 aliphatic heterocycles. The molecule has 30 heavy (non-hydrogen) atoms. The minimum Gasteiger partial charge on any atom is -0.344 e. The first kappa shape index (κ1) is 20.3. The van der Waals surface area contributed by atoms with Gasteiger partial charge in [-0.15, -0.1) is 0 Å². The third kappa shape index (κ3) is 3.99. The second kappa shape index (κ2) is 8.38. The first-order valence-electron chi connectivity index (χ1n) is 10.2. The predicted molar refractivity (Wildman–Crippen MR) is 113 cm³/mol. The fourth-order valence-electron chi connectivity index (χ4n) is 3.95. The molecule has 0 aromatic heterocycles. The predicted octanol–water partition coefficient (Wildman–Crippen LogP) is 1.63. The first-order chi connectivity index (χ1) is 14.4. The van der Waals surface area contributed by atoms with Crippen LogP contribution in [0.2, 0.25) is 0 Å². The molecule has 2 heterocycles. The van der Waals surface area contributed by atoms with Gasteiger partial charge in [-0.1, -0.05) is 30.3 Å². The highest BCUT2D eigenvalue weighted by atomic mass is 16.2. The zero-order valence-corrected chi connectivity index (χ0v) is 17.3. The van der Waals surface area contributed by atoms with Crippen LogP contribution in [0, 0.1) is 0 Å². The molecule has 2 aromatic rings. The molecule has 7 nitrogen and oxygen atoms in total. The van der Waals surface area contributed by atoms with Crippen molar-refractivity contribution in [3.05, 3.63) is 70.8 Å². The van der Waals surface area contributed by atoms with Gasteiger partial charge in [-0.05, 0) is 30.8 Å². The Hall–Kier alpha value is -3.03. The molecule has 1 unspecified atom stereocenters. The number of likely N-dealkylation sites (N-methyl/N-ethyl adjacent to an activating group) is 1. The van der Waals surface area contributed by atoms with Crippen LogP contribution in [0.25, 0.3) is 0 Å². The lowest BCUT2D eigenvalue weighted by Crippen LogP contribution is -2.47. The number of nitrogens with one attached hydrogen (secondary N) is 1. The quantitative estimate of drug-likeness (QED) is 0.764. The average molecular weight is 406 g/mol. The fourth-order valence-corrected chi connectivity index (χ4v) is 3.95. The fraction of sp³-hybridized carbons (Fsp3) is 0.348. The van der Waals surface area contributed by atoms with Gasteiger partial charge in [0.2, 0.25) is 0 Å². The van der Waals surface area contributed by atoms with Crippen molar-refractivity contribution in [2.75, 3.05) is 46.8 Å². The minimum absolute atomic E-state index is 0.171. The lowest BCUT2D eigenvalue weighted by atomic mass is 10.0. The second-order valence-corrected chi connectivity index (χ2v) is 7.97. The molecule has 7 heteroatoms. The Kier molecular flexibility index (Phi) is 5.65. The molecule has 0 saturated carbocycles. The number of rotatable bonds is 5. The molecule has 1 fully saturated rings. The largest absolute Gasteiger partial charge is 0.344 e. The molecule has 4 rings (SSSR count). The Morgan fingerprint density at radius 1 is 0.933 bits per heavy atom. The van der Waals surface area contributed by atoms with E-state index in [1.54, 1.807) is 12.1 Å². The van der Waals surface area contributed by atoms with E-state index in [1.165, 1.54) is 13.1 Å². The van der Waals surface area contributed by atoms with Gasteiger partial charge in [0.25, 0.3) is 17.7 Å². The standard InChI is InChI=1S/C23H26N4O3/c1-25-10-12-27(13-11-25)15-20(16-6-4-3-5-7-16)24-21(28)17-8-9-18-19(14-17)23(30)26(2)22(18)29/h3-9,14,20H,10-13,15H2,1-2H3,(H,24,28). The van der Waals surface area contributed by atoms with Crippen molar-refractivity contribution in [2.24, 2.45) is 0 Å². The third-order valence-electron chi connectivity index (χ3n) is 5.90. The van der Waals surface area contributed by atoms with Crippen molar-refractivity contribution in [2.45, 2.75) is 6.04 Å². The molecule has 1 atom stereocenters. The van der Waals surface area contributed by atoms with Gasteiger partial charge in [0, 0.05) is 45.3 Å². The summed E-state index contributed by atoms with van der Waals surface area (Å²) in [5, 5.41) is 3.13. The van der Waals surface area contributed by atoms with Gasteiger partial charge in [-0.3, -0.25) is 24.2 Å². The van der Waals surface area contributed by atoms with Gasteiger partial charge in [0.05, 0.1) is 17.2 Å². The maximum Gasteiger partial charge on any atom is 0.261 e. The number of imide groups is 1. The lowest BCUT2D eigenvalue weighted by molar-refractivity contribution is 0.0693. The van der Waals surface area contributed by atoms with Gasteiger partial charge in [0.1, 0.15) is 0 Å². The summed E-state index contributed by atoms with van der Waals surface area (Å²) in [4.78, 5) is 43.1. The van der Waals surface area contributed by atoms with Crippen LogP contribution >= 0.6 is 0 Å². The molecule has 0 bridgehead atoms. The monoisotopic (exact) mass is 406 g/mol. The summed E-state index contributed by atoms with van der Waals surface area (Å²) in [7, 11) is 3.57. The third-order valence-corrected chi connectivity index (χ3v) is 5.90. The Labute approximate surface area is 176 Å². The second-order valence-electron chi connectivity index (χ2n) is 7.97. The Morgan fingerprint density at radius 2 is 1.60 bits per heavy atom. The summed E-state index contributed by atoms with van der Waals surface area (Å²) < 4.78 is 0. The normalized spacial score (nSPS) is 18.4. The van der Waals surface area contributed by atoms with Gasteiger partial charge in [0.15, 0.2) is 0 Å². The molecular weight excluding hydrogens is 380 g/mol. The number of carbonyl (C=O) groups is 3. The van der Waals surface area contributed by atoms with E-state index in [2.05, 4.69) is 22.2 Å². The van der Waals surface area contributed by atoms with E-state index >= 15 is 0 Å². The van der Waals surface area contributed by atoms with Crippen molar-refractivity contribution >= 4 is 17.7 Å². The Morgan fingerprint density at radius 3 is 2.30 bits per heavy atom. The van der Waals surface area contributed by atoms with Gasteiger partial charge >= 0.3 is 0 Å². The highest BCUT2D eigenvalue weighted by Crippen LogP contribution is 2.23. The van der Waals surface area contributed by atoms with Crippen LogP contribution in [0.5, 0.6) is 0 Å². The molecule has 0 aliphatic carbocycles. The number of hydrogen-bond acceptors (Lipinski definition) is 5. The Balaban J connectivity index is 1.54. The summed E-state index contributed by atoms with van der Waals surface area (Å²) in [5.74, 6) is -0.962. The molecule has 2 aliphatic rings. The van der Waals surface area contributed by atoms with Crippen molar-refractivity contribution in [3.63, 3.8) is 0 Å². The van der Waals surface area contributed by atoms with Crippen LogP contribution in [0.1, 0.15) is 42.7 Å². The molecule has 1 saturated heterocycles. The molecule has 1 N–H and O–H groups in total. The smallest absolute Gasteiger partial charge is 0.261 e. The summed E-state index contributed by atoms with van der Waals surface area (Å²) in [5.41, 5.74) is 2.04. The van der Waals surface area contributed by atoms with E-state index in [0.717, 1.165) is 36.6 Å². The van der Waals surface area contributed by atoms with Crippen molar-refractivity contribution in [3.8, 4) is 0 Å². The topological polar surface area (TPSA) is 73.0 Å². The van der Waals surface area contributed by atoms with Crippen LogP contribution in [-0.2, 0) is 0 Å². The Bertz CT molecular complexity index is 968. The lowest BCUT2D eigenvalue weighted by Gasteiger charge is -2.35. The number of benzene rings is 2. The van der Waals surface area contributed by atoms with Gasteiger partial charge < -0.3 is 10.2 Å². The first-order valence-corrected chi connectivity index (χ1v) is 10.2. The zero-order chi connectivity index (χ0) is 21.3. The van der Waals surface area contributed by atoms with Crippen molar-refractivity contribution in [1.82, 2.24) is 20.0 Å². The average Bonchev–Trinajstić information content (AvgIpc) is 2.99. The van der Waals surface area contributed by atoms with E-state index in [9.17, 15) is 14.4 Å². The highest BCUT2D eigenvalue weighted by Gasteiger charge is 2.33.